The van der Waals surface area contributed by atoms with E-state index in [2.05, 4.69) is 15.5 Å². The van der Waals surface area contributed by atoms with Crippen LogP contribution in [0.3, 0.4) is 0 Å². The van der Waals surface area contributed by atoms with Gasteiger partial charge in [-0.2, -0.15) is 0 Å². The minimum atomic E-state index is -0.211. The number of benzene rings is 1. The summed E-state index contributed by atoms with van der Waals surface area (Å²) in [5, 5.41) is 13.1. The molecule has 2 heterocycles. The highest BCUT2D eigenvalue weighted by Crippen LogP contribution is 2.17. The number of hydrogen-bond acceptors (Lipinski definition) is 4. The molecule has 1 aromatic heterocycles. The zero-order valence-corrected chi connectivity index (χ0v) is 14.4. The van der Waals surface area contributed by atoms with Gasteiger partial charge >= 0.3 is 0 Å². The average Bonchev–Trinajstić information content (AvgIpc) is 3.01. The largest absolute Gasteiger partial charge is 0.335 e. The fourth-order valence-corrected chi connectivity index (χ4v) is 3.71. The molecule has 0 radical (unpaired) electrons. The number of carbonyl (C=O) groups is 1. The smallest absolute Gasteiger partial charge is 0.257 e. The third-order valence-electron chi connectivity index (χ3n) is 4.03. The molecule has 7 heteroatoms. The van der Waals surface area contributed by atoms with Gasteiger partial charge in [0.05, 0.1) is 26.1 Å². The maximum Gasteiger partial charge on any atom is 0.257 e. The van der Waals surface area contributed by atoms with E-state index in [9.17, 15) is 4.79 Å². The van der Waals surface area contributed by atoms with Gasteiger partial charge in [-0.05, 0) is 37.5 Å². The first kappa shape index (κ1) is 16.4. The number of halogens is 1. The highest BCUT2D eigenvalue weighted by Gasteiger charge is 2.15. The van der Waals surface area contributed by atoms with Crippen molar-refractivity contribution in [2.45, 2.75) is 25.7 Å². The summed E-state index contributed by atoms with van der Waals surface area (Å²) in [7, 11) is 0. The minimum Gasteiger partial charge on any atom is -0.335 e. The lowest BCUT2D eigenvalue weighted by atomic mass is 10.1. The second-order valence-electron chi connectivity index (χ2n) is 5.78. The summed E-state index contributed by atoms with van der Waals surface area (Å²) >= 11 is 7.35. The highest BCUT2D eigenvalue weighted by atomic mass is 35.5. The molecule has 0 unspecified atom stereocenters. The molecule has 2 aromatic rings. The van der Waals surface area contributed by atoms with Crippen molar-refractivity contribution in [1.82, 2.24) is 10.2 Å². The number of nitrogens with zero attached hydrogens (tertiary/aromatic N) is 2. The van der Waals surface area contributed by atoms with Crippen molar-refractivity contribution >= 4 is 34.0 Å². The van der Waals surface area contributed by atoms with Gasteiger partial charge in [0.2, 0.25) is 5.13 Å². The maximum absolute atomic E-state index is 12.1. The van der Waals surface area contributed by atoms with Gasteiger partial charge in [0.1, 0.15) is 5.01 Å². The SMILES string of the molecule is O=C(Nc1nnc(CC[NH+]2CCCCC2)s1)c1cccc(Cl)c1. The van der Waals surface area contributed by atoms with Crippen LogP contribution in [0.15, 0.2) is 24.3 Å². The van der Waals surface area contributed by atoms with Gasteiger partial charge in [-0.1, -0.05) is 29.0 Å². The Morgan fingerprint density at radius 3 is 2.87 bits per heavy atom. The molecule has 0 saturated carbocycles. The van der Waals surface area contributed by atoms with Crippen LogP contribution in [0.2, 0.25) is 5.02 Å². The molecule has 2 N–H and O–H groups in total. The van der Waals surface area contributed by atoms with Crippen LogP contribution in [0.25, 0.3) is 0 Å². The Labute approximate surface area is 144 Å². The summed E-state index contributed by atoms with van der Waals surface area (Å²) in [4.78, 5) is 13.8. The van der Waals surface area contributed by atoms with Gasteiger partial charge < -0.3 is 4.90 Å². The van der Waals surface area contributed by atoms with Crippen molar-refractivity contribution in [2.24, 2.45) is 0 Å². The van der Waals surface area contributed by atoms with E-state index in [4.69, 9.17) is 11.6 Å². The molecule has 1 fully saturated rings. The van der Waals surface area contributed by atoms with Gasteiger partial charge in [0.25, 0.3) is 5.91 Å². The third kappa shape index (κ3) is 4.73. The number of aromatic nitrogens is 2. The maximum atomic E-state index is 12.1. The van der Waals surface area contributed by atoms with Crippen LogP contribution in [0.5, 0.6) is 0 Å². The lowest BCUT2D eigenvalue weighted by molar-refractivity contribution is -0.904. The van der Waals surface area contributed by atoms with Gasteiger partial charge in [0, 0.05) is 10.6 Å². The number of carbonyl (C=O) groups excluding carboxylic acids is 1. The quantitative estimate of drug-likeness (QED) is 0.866. The standard InChI is InChI=1S/C16H19ClN4OS/c17-13-6-4-5-12(11-13)15(22)18-16-20-19-14(23-16)7-10-21-8-2-1-3-9-21/h4-6,11H,1-3,7-10H2,(H,18,20,22)/p+1. The van der Waals surface area contributed by atoms with Crippen LogP contribution < -0.4 is 10.2 Å². The van der Waals surface area contributed by atoms with Crippen molar-refractivity contribution in [3.8, 4) is 0 Å². The second-order valence-corrected chi connectivity index (χ2v) is 7.27. The number of nitrogens with one attached hydrogen (secondary N) is 2. The number of likely N-dealkylation sites (tertiary alicyclic amines) is 1. The summed E-state index contributed by atoms with van der Waals surface area (Å²) in [6.45, 7) is 3.62. The zero-order chi connectivity index (χ0) is 16.1. The molecule has 23 heavy (non-hydrogen) atoms. The number of anilines is 1. The lowest BCUT2D eigenvalue weighted by Crippen LogP contribution is -3.13. The van der Waals surface area contributed by atoms with E-state index in [1.807, 2.05) is 0 Å². The molecule has 1 saturated heterocycles. The molecular weight excluding hydrogens is 332 g/mol. The first-order chi connectivity index (χ1) is 11.2. The molecular formula is C16H20ClN4OS+. The number of hydrogen-bond donors (Lipinski definition) is 2. The monoisotopic (exact) mass is 351 g/mol. The third-order valence-corrected chi connectivity index (χ3v) is 5.16. The molecule has 1 aromatic carbocycles. The summed E-state index contributed by atoms with van der Waals surface area (Å²) in [5.41, 5.74) is 0.520. The van der Waals surface area contributed by atoms with Crippen molar-refractivity contribution in [1.29, 1.82) is 0 Å². The van der Waals surface area contributed by atoms with E-state index >= 15 is 0 Å². The molecule has 5 nitrogen and oxygen atoms in total. The van der Waals surface area contributed by atoms with Crippen molar-refractivity contribution in [3.05, 3.63) is 39.9 Å². The van der Waals surface area contributed by atoms with Crippen LogP contribution in [-0.4, -0.2) is 35.7 Å². The average molecular weight is 352 g/mol. The minimum absolute atomic E-state index is 0.211. The zero-order valence-electron chi connectivity index (χ0n) is 12.8. The summed E-state index contributed by atoms with van der Waals surface area (Å²) in [5.74, 6) is -0.211. The summed E-state index contributed by atoms with van der Waals surface area (Å²) < 4.78 is 0. The summed E-state index contributed by atoms with van der Waals surface area (Å²) in [6.07, 6.45) is 4.93. The Morgan fingerprint density at radius 2 is 2.09 bits per heavy atom. The molecule has 0 atom stereocenters. The Kier molecular flexibility index (Phi) is 5.59. The van der Waals surface area contributed by atoms with E-state index in [-0.39, 0.29) is 5.91 Å². The normalized spacial score (nSPS) is 15.5. The van der Waals surface area contributed by atoms with E-state index in [0.717, 1.165) is 18.0 Å². The summed E-state index contributed by atoms with van der Waals surface area (Å²) in [6, 6.07) is 6.86. The molecule has 1 aliphatic rings. The second kappa shape index (κ2) is 7.86. The first-order valence-electron chi connectivity index (χ1n) is 7.93. The molecule has 122 valence electrons. The van der Waals surface area contributed by atoms with E-state index in [0.29, 0.717) is 15.7 Å². The van der Waals surface area contributed by atoms with Crippen LogP contribution >= 0.6 is 22.9 Å². The van der Waals surface area contributed by atoms with Gasteiger partial charge in [-0.3, -0.25) is 10.1 Å². The van der Waals surface area contributed by atoms with E-state index in [1.54, 1.807) is 29.2 Å². The van der Waals surface area contributed by atoms with Crippen LogP contribution in [-0.2, 0) is 6.42 Å². The van der Waals surface area contributed by atoms with Crippen LogP contribution in [0, 0.1) is 0 Å². The number of quaternary nitrogens is 1. The van der Waals surface area contributed by atoms with E-state index in [1.165, 1.54) is 43.7 Å². The predicted molar refractivity (Wildman–Crippen MR) is 92.4 cm³/mol. The van der Waals surface area contributed by atoms with Crippen LogP contribution in [0.1, 0.15) is 34.6 Å². The lowest BCUT2D eigenvalue weighted by Gasteiger charge is -2.22. The number of rotatable bonds is 5. The highest BCUT2D eigenvalue weighted by molar-refractivity contribution is 7.15. The molecule has 0 aliphatic carbocycles. The first-order valence-corrected chi connectivity index (χ1v) is 9.13. The number of amides is 1. The van der Waals surface area contributed by atoms with Crippen molar-refractivity contribution in [2.75, 3.05) is 25.0 Å². The Morgan fingerprint density at radius 1 is 1.26 bits per heavy atom. The topological polar surface area (TPSA) is 59.3 Å². The van der Waals surface area contributed by atoms with Crippen molar-refractivity contribution in [3.63, 3.8) is 0 Å². The molecule has 0 bridgehead atoms. The Bertz CT molecular complexity index is 670. The Hall–Kier alpha value is -1.50. The molecule has 1 amide bonds. The predicted octanol–water partition coefficient (Wildman–Crippen LogP) is 2.06. The van der Waals surface area contributed by atoms with Crippen LogP contribution in [0.4, 0.5) is 5.13 Å². The fourth-order valence-electron chi connectivity index (χ4n) is 2.79. The molecule has 3 rings (SSSR count). The Balaban J connectivity index is 1.53. The van der Waals surface area contributed by atoms with Gasteiger partial charge in [-0.15, -0.1) is 10.2 Å². The van der Waals surface area contributed by atoms with Gasteiger partial charge in [0.15, 0.2) is 0 Å². The number of piperidine rings is 1. The fraction of sp³-hybridized carbons (Fsp3) is 0.438. The van der Waals surface area contributed by atoms with Gasteiger partial charge in [-0.25, -0.2) is 0 Å². The molecule has 0 spiro atoms. The molecule has 1 aliphatic heterocycles. The van der Waals surface area contributed by atoms with Crippen molar-refractivity contribution < 1.29 is 9.69 Å². The van der Waals surface area contributed by atoms with E-state index < -0.39 is 0 Å².